The highest BCUT2D eigenvalue weighted by atomic mass is 35.5. The van der Waals surface area contributed by atoms with Crippen LogP contribution in [0, 0.1) is 0 Å². The lowest BCUT2D eigenvalue weighted by molar-refractivity contribution is 0.356. The maximum absolute atomic E-state index is 13.1. The summed E-state index contributed by atoms with van der Waals surface area (Å²) in [6.45, 7) is 0. The van der Waals surface area contributed by atoms with Crippen molar-refractivity contribution in [2.45, 2.75) is 0 Å². The van der Waals surface area contributed by atoms with Crippen LogP contribution in [0.2, 0.25) is 5.02 Å². The van der Waals surface area contributed by atoms with E-state index in [2.05, 4.69) is 0 Å². The smallest absolute Gasteiger partial charge is 0.256 e. The highest BCUT2D eigenvalue weighted by Crippen LogP contribution is 2.37. The first-order valence-electron chi connectivity index (χ1n) is 8.75. The monoisotopic (exact) mass is 391 g/mol. The summed E-state index contributed by atoms with van der Waals surface area (Å²) in [6, 6.07) is 22.3. The number of methoxy groups -OCH3 is 2. The van der Waals surface area contributed by atoms with Gasteiger partial charge in [-0.25, -0.2) is 0 Å². The number of hydrogen-bond acceptors (Lipinski definition) is 3. The van der Waals surface area contributed by atoms with Crippen LogP contribution in [-0.4, -0.2) is 18.8 Å². The van der Waals surface area contributed by atoms with Gasteiger partial charge < -0.3 is 9.47 Å². The minimum Gasteiger partial charge on any atom is -0.493 e. The molecule has 140 valence electrons. The summed E-state index contributed by atoms with van der Waals surface area (Å²) >= 11 is 6.09. The number of pyridine rings is 1. The van der Waals surface area contributed by atoms with E-state index >= 15 is 0 Å². The molecule has 0 saturated heterocycles. The van der Waals surface area contributed by atoms with Crippen LogP contribution in [0.3, 0.4) is 0 Å². The third-order valence-corrected chi connectivity index (χ3v) is 4.92. The van der Waals surface area contributed by atoms with Crippen LogP contribution < -0.4 is 15.0 Å². The maximum Gasteiger partial charge on any atom is 0.256 e. The van der Waals surface area contributed by atoms with Gasteiger partial charge in [-0.2, -0.15) is 0 Å². The number of aromatic nitrogens is 1. The summed E-state index contributed by atoms with van der Waals surface area (Å²) in [5.74, 6) is 1.18. The molecule has 0 spiro atoms. The molecule has 0 atom stereocenters. The molecule has 0 radical (unpaired) electrons. The van der Waals surface area contributed by atoms with E-state index in [0.29, 0.717) is 16.5 Å². The topological polar surface area (TPSA) is 40.5 Å². The number of hydrogen-bond donors (Lipinski definition) is 0. The molecule has 0 unspecified atom stereocenters. The maximum atomic E-state index is 13.1. The van der Waals surface area contributed by atoms with Crippen LogP contribution in [0.5, 0.6) is 11.5 Å². The molecular weight excluding hydrogens is 374 g/mol. The second kappa shape index (κ2) is 7.41. The van der Waals surface area contributed by atoms with Gasteiger partial charge in [0.1, 0.15) is 0 Å². The quantitative estimate of drug-likeness (QED) is 0.472. The molecular formula is C23H18ClNO3. The number of halogens is 1. The Morgan fingerprint density at radius 2 is 1.46 bits per heavy atom. The van der Waals surface area contributed by atoms with Gasteiger partial charge in [0.05, 0.1) is 19.9 Å². The van der Waals surface area contributed by atoms with Gasteiger partial charge in [-0.1, -0.05) is 41.9 Å². The van der Waals surface area contributed by atoms with E-state index in [4.69, 9.17) is 21.1 Å². The van der Waals surface area contributed by atoms with Crippen molar-refractivity contribution in [2.75, 3.05) is 14.2 Å². The summed E-state index contributed by atoms with van der Waals surface area (Å²) in [4.78, 5) is 13.1. The number of fused-ring (bicyclic) bond motifs is 1. The van der Waals surface area contributed by atoms with Crippen LogP contribution in [0.4, 0.5) is 0 Å². The Bertz CT molecular complexity index is 1200. The van der Waals surface area contributed by atoms with Gasteiger partial charge in [0.25, 0.3) is 5.56 Å². The van der Waals surface area contributed by atoms with E-state index in [1.165, 1.54) is 0 Å². The number of benzene rings is 3. The van der Waals surface area contributed by atoms with E-state index in [0.717, 1.165) is 27.7 Å². The lowest BCUT2D eigenvalue weighted by Gasteiger charge is -2.18. The molecule has 3 aromatic carbocycles. The lowest BCUT2D eigenvalue weighted by Crippen LogP contribution is -2.19. The van der Waals surface area contributed by atoms with Crippen molar-refractivity contribution in [1.29, 1.82) is 0 Å². The number of rotatable bonds is 4. The molecule has 1 heterocycles. The third-order valence-electron chi connectivity index (χ3n) is 4.67. The molecule has 0 N–H and O–H groups in total. The van der Waals surface area contributed by atoms with Gasteiger partial charge in [-0.05, 0) is 47.3 Å². The predicted molar refractivity (Wildman–Crippen MR) is 113 cm³/mol. The third kappa shape index (κ3) is 3.12. The van der Waals surface area contributed by atoms with Gasteiger partial charge in [0, 0.05) is 22.2 Å². The molecule has 0 bridgehead atoms. The van der Waals surface area contributed by atoms with Crippen LogP contribution >= 0.6 is 11.6 Å². The van der Waals surface area contributed by atoms with Crippen LogP contribution in [0.25, 0.3) is 27.7 Å². The molecule has 0 amide bonds. The summed E-state index contributed by atoms with van der Waals surface area (Å²) < 4.78 is 12.6. The molecule has 0 aliphatic carbocycles. The lowest BCUT2D eigenvalue weighted by atomic mass is 10.0. The predicted octanol–water partition coefficient (Wildman–Crippen LogP) is 5.33. The standard InChI is InChI=1S/C23H18ClNO3/c1-27-20-12-16-13-22(26)25(18-6-4-3-5-7-18)23(19(16)14-21(20)28-2)15-8-10-17(24)11-9-15/h3-14H,1-2H3. The Labute approximate surface area is 167 Å². The first kappa shape index (κ1) is 18.1. The molecule has 0 saturated carbocycles. The minimum absolute atomic E-state index is 0.129. The highest BCUT2D eigenvalue weighted by Gasteiger charge is 2.17. The zero-order valence-electron chi connectivity index (χ0n) is 15.5. The first-order chi connectivity index (χ1) is 13.6. The highest BCUT2D eigenvalue weighted by molar-refractivity contribution is 6.30. The molecule has 0 aliphatic rings. The molecule has 28 heavy (non-hydrogen) atoms. The van der Waals surface area contributed by atoms with Gasteiger partial charge >= 0.3 is 0 Å². The van der Waals surface area contributed by atoms with Crippen molar-refractivity contribution in [3.63, 3.8) is 0 Å². The zero-order valence-corrected chi connectivity index (χ0v) is 16.2. The Hall–Kier alpha value is -3.24. The minimum atomic E-state index is -0.129. The fourth-order valence-electron chi connectivity index (χ4n) is 3.37. The van der Waals surface area contributed by atoms with Crippen LogP contribution in [0.1, 0.15) is 0 Å². The van der Waals surface area contributed by atoms with Crippen molar-refractivity contribution in [3.05, 3.63) is 88.2 Å². The normalized spacial score (nSPS) is 10.8. The summed E-state index contributed by atoms with van der Waals surface area (Å²) in [6.07, 6.45) is 0. The molecule has 4 aromatic rings. The molecule has 1 aromatic heterocycles. The number of nitrogens with zero attached hydrogens (tertiary/aromatic N) is 1. The second-order valence-corrected chi connectivity index (χ2v) is 6.74. The summed E-state index contributed by atoms with van der Waals surface area (Å²) in [5, 5.41) is 2.29. The Morgan fingerprint density at radius 1 is 0.821 bits per heavy atom. The van der Waals surface area contributed by atoms with Crippen LogP contribution in [0.15, 0.2) is 77.6 Å². The molecule has 0 aliphatic heterocycles. The first-order valence-corrected chi connectivity index (χ1v) is 9.13. The second-order valence-electron chi connectivity index (χ2n) is 6.30. The Kier molecular flexibility index (Phi) is 4.80. The van der Waals surface area contributed by atoms with Crippen LogP contribution in [-0.2, 0) is 0 Å². The average molecular weight is 392 g/mol. The van der Waals surface area contributed by atoms with Crippen molar-refractivity contribution < 1.29 is 9.47 Å². The number of ether oxygens (including phenoxy) is 2. The van der Waals surface area contributed by atoms with Gasteiger partial charge in [-0.3, -0.25) is 9.36 Å². The number of para-hydroxylation sites is 1. The van der Waals surface area contributed by atoms with E-state index in [-0.39, 0.29) is 5.56 Å². The van der Waals surface area contributed by atoms with Crippen molar-refractivity contribution in [1.82, 2.24) is 4.57 Å². The average Bonchev–Trinajstić information content (AvgIpc) is 2.73. The van der Waals surface area contributed by atoms with E-state index in [1.54, 1.807) is 24.9 Å². The van der Waals surface area contributed by atoms with Gasteiger partial charge in [0.2, 0.25) is 0 Å². The molecule has 5 heteroatoms. The van der Waals surface area contributed by atoms with E-state index in [1.807, 2.05) is 66.7 Å². The van der Waals surface area contributed by atoms with Crippen molar-refractivity contribution >= 4 is 22.4 Å². The largest absolute Gasteiger partial charge is 0.493 e. The van der Waals surface area contributed by atoms with Crippen molar-refractivity contribution in [2.24, 2.45) is 0 Å². The summed E-state index contributed by atoms with van der Waals surface area (Å²) in [5.41, 5.74) is 2.31. The van der Waals surface area contributed by atoms with Crippen molar-refractivity contribution in [3.8, 4) is 28.4 Å². The summed E-state index contributed by atoms with van der Waals surface area (Å²) in [7, 11) is 3.17. The molecule has 0 fully saturated rings. The Balaban J connectivity index is 2.16. The molecule has 4 nitrogen and oxygen atoms in total. The van der Waals surface area contributed by atoms with Gasteiger partial charge in [0.15, 0.2) is 11.5 Å². The van der Waals surface area contributed by atoms with E-state index in [9.17, 15) is 4.79 Å². The van der Waals surface area contributed by atoms with Gasteiger partial charge in [-0.15, -0.1) is 0 Å². The van der Waals surface area contributed by atoms with E-state index < -0.39 is 0 Å². The fraction of sp³-hybridized carbons (Fsp3) is 0.0870. The zero-order chi connectivity index (χ0) is 19.7. The molecule has 4 rings (SSSR count). The SMILES string of the molecule is COc1cc2cc(=O)n(-c3ccccc3)c(-c3ccc(Cl)cc3)c2cc1OC. The fourth-order valence-corrected chi connectivity index (χ4v) is 3.50. The Morgan fingerprint density at radius 3 is 2.11 bits per heavy atom.